The van der Waals surface area contributed by atoms with Crippen molar-refractivity contribution in [3.05, 3.63) is 34.4 Å². The summed E-state index contributed by atoms with van der Waals surface area (Å²) in [6, 6.07) is 0. The van der Waals surface area contributed by atoms with Gasteiger partial charge in [-0.3, -0.25) is 0 Å². The molecule has 1 aliphatic carbocycles. The van der Waals surface area contributed by atoms with Crippen LogP contribution >= 0.6 is 0 Å². The lowest BCUT2D eigenvalue weighted by Crippen LogP contribution is -2.26. The molecule has 1 aliphatic rings. The molecular formula is C28H44O. The summed E-state index contributed by atoms with van der Waals surface area (Å²) in [6.45, 7) is 24.6. The van der Waals surface area contributed by atoms with Crippen LogP contribution in [0, 0.1) is 12.5 Å². The molecule has 29 heavy (non-hydrogen) atoms. The molecule has 162 valence electrons. The Kier molecular flexibility index (Phi) is 8.44. The average Bonchev–Trinajstić information content (AvgIpc) is 2.63. The summed E-state index contributed by atoms with van der Waals surface area (Å²) in [7, 11) is 0. The summed E-state index contributed by atoms with van der Waals surface area (Å²) in [5, 5.41) is 11.7. The molecule has 0 bridgehead atoms. The SMILES string of the molecule is [C]=C(CCC)c1c2c(c(O)c(C(C)(C)C)c1CCC)C(CCC)C(CCC)CC2. The van der Waals surface area contributed by atoms with Gasteiger partial charge in [0.05, 0.1) is 0 Å². The first kappa shape index (κ1) is 24.0. The van der Waals surface area contributed by atoms with Crippen molar-refractivity contribution >= 4 is 5.57 Å². The minimum Gasteiger partial charge on any atom is -0.507 e. The fraction of sp³-hybridized carbons (Fsp3) is 0.714. The van der Waals surface area contributed by atoms with Crippen molar-refractivity contribution in [2.24, 2.45) is 5.92 Å². The Morgan fingerprint density at radius 3 is 2.17 bits per heavy atom. The molecule has 0 saturated heterocycles. The van der Waals surface area contributed by atoms with Gasteiger partial charge in [0.2, 0.25) is 0 Å². The van der Waals surface area contributed by atoms with Gasteiger partial charge in [-0.15, -0.1) is 0 Å². The Labute approximate surface area is 181 Å². The summed E-state index contributed by atoms with van der Waals surface area (Å²) in [6.07, 6.45) is 10.8. The monoisotopic (exact) mass is 396 g/mol. The summed E-state index contributed by atoms with van der Waals surface area (Å²) in [4.78, 5) is 0. The van der Waals surface area contributed by atoms with Crippen LogP contribution in [0.15, 0.2) is 0 Å². The maximum absolute atomic E-state index is 11.7. The van der Waals surface area contributed by atoms with Crippen molar-refractivity contribution in [2.75, 3.05) is 0 Å². The number of benzene rings is 1. The molecule has 2 atom stereocenters. The molecular weight excluding hydrogens is 352 g/mol. The van der Waals surface area contributed by atoms with Crippen LogP contribution in [0.5, 0.6) is 5.75 Å². The van der Waals surface area contributed by atoms with E-state index in [9.17, 15) is 5.11 Å². The molecule has 0 aromatic heterocycles. The fourth-order valence-corrected chi connectivity index (χ4v) is 5.74. The standard InChI is InChI=1S/C28H44O/c1-9-13-19(5)24-22-18-17-20(14-10-2)21(15-11-3)25(22)27(29)26(28(6,7)8)23(24)16-12-4/h20-21,29H,9-18H2,1-4,6-8H3. The first-order valence-electron chi connectivity index (χ1n) is 12.2. The molecule has 2 radical (unpaired) electrons. The lowest BCUT2D eigenvalue weighted by molar-refractivity contribution is 0.315. The van der Waals surface area contributed by atoms with Crippen molar-refractivity contribution in [1.82, 2.24) is 0 Å². The number of rotatable bonds is 9. The quantitative estimate of drug-likeness (QED) is 0.444. The highest BCUT2D eigenvalue weighted by Gasteiger charge is 2.37. The molecule has 0 saturated carbocycles. The van der Waals surface area contributed by atoms with E-state index in [1.165, 1.54) is 41.5 Å². The molecule has 0 aliphatic heterocycles. The van der Waals surface area contributed by atoms with E-state index in [1.807, 2.05) is 0 Å². The van der Waals surface area contributed by atoms with Crippen LogP contribution < -0.4 is 0 Å². The molecule has 1 aromatic rings. The molecule has 0 heterocycles. The van der Waals surface area contributed by atoms with Crippen LogP contribution in [0.4, 0.5) is 0 Å². The third-order valence-electron chi connectivity index (χ3n) is 6.74. The Morgan fingerprint density at radius 1 is 1.00 bits per heavy atom. The molecule has 1 nitrogen and oxygen atoms in total. The minimum atomic E-state index is -0.126. The average molecular weight is 397 g/mol. The summed E-state index contributed by atoms with van der Waals surface area (Å²) in [5.74, 6) is 1.67. The van der Waals surface area contributed by atoms with E-state index in [2.05, 4.69) is 48.5 Å². The molecule has 0 fully saturated rings. The van der Waals surface area contributed by atoms with Crippen LogP contribution in [0.25, 0.3) is 5.57 Å². The minimum absolute atomic E-state index is 0.126. The lowest BCUT2D eigenvalue weighted by atomic mass is 9.66. The van der Waals surface area contributed by atoms with Crippen LogP contribution in [-0.2, 0) is 18.3 Å². The van der Waals surface area contributed by atoms with Gasteiger partial charge in [-0.25, -0.2) is 0 Å². The van der Waals surface area contributed by atoms with Gasteiger partial charge in [0, 0.05) is 11.1 Å². The van der Waals surface area contributed by atoms with E-state index in [1.54, 1.807) is 0 Å². The zero-order chi connectivity index (χ0) is 21.8. The Bertz CT molecular complexity index is 704. The number of aromatic hydroxyl groups is 1. The molecule has 1 aromatic carbocycles. The Balaban J connectivity index is 2.88. The van der Waals surface area contributed by atoms with Crippen molar-refractivity contribution < 1.29 is 5.11 Å². The lowest BCUT2D eigenvalue weighted by Gasteiger charge is -2.39. The van der Waals surface area contributed by atoms with Crippen LogP contribution in [-0.4, -0.2) is 5.11 Å². The van der Waals surface area contributed by atoms with Crippen molar-refractivity contribution in [2.45, 2.75) is 124 Å². The number of phenolic OH excluding ortho intramolecular Hbond substituents is 1. The maximum Gasteiger partial charge on any atom is 0.123 e. The highest BCUT2D eigenvalue weighted by molar-refractivity contribution is 5.75. The number of hydrogen-bond acceptors (Lipinski definition) is 1. The van der Waals surface area contributed by atoms with E-state index in [0.717, 1.165) is 56.1 Å². The fourth-order valence-electron chi connectivity index (χ4n) is 5.74. The van der Waals surface area contributed by atoms with Crippen LogP contribution in [0.1, 0.15) is 134 Å². The van der Waals surface area contributed by atoms with Gasteiger partial charge >= 0.3 is 0 Å². The van der Waals surface area contributed by atoms with E-state index in [4.69, 9.17) is 6.58 Å². The number of hydrogen-bond donors (Lipinski definition) is 1. The highest BCUT2D eigenvalue weighted by atomic mass is 16.3. The van der Waals surface area contributed by atoms with E-state index in [0.29, 0.717) is 17.6 Å². The number of phenols is 1. The predicted molar refractivity (Wildman–Crippen MR) is 127 cm³/mol. The maximum atomic E-state index is 11.7. The zero-order valence-electron chi connectivity index (χ0n) is 20.2. The van der Waals surface area contributed by atoms with E-state index >= 15 is 0 Å². The van der Waals surface area contributed by atoms with Gasteiger partial charge in [0.1, 0.15) is 5.75 Å². The smallest absolute Gasteiger partial charge is 0.123 e. The van der Waals surface area contributed by atoms with Gasteiger partial charge in [0.15, 0.2) is 0 Å². The molecule has 0 spiro atoms. The van der Waals surface area contributed by atoms with Gasteiger partial charge in [-0.05, 0) is 78.2 Å². The predicted octanol–water partition coefficient (Wildman–Crippen LogP) is 8.38. The molecule has 2 unspecified atom stereocenters. The second kappa shape index (κ2) is 10.2. The van der Waals surface area contributed by atoms with Crippen molar-refractivity contribution in [1.29, 1.82) is 0 Å². The normalized spacial score (nSPS) is 19.3. The summed E-state index contributed by atoms with van der Waals surface area (Å²) >= 11 is 0. The number of fused-ring (bicyclic) bond motifs is 1. The molecule has 0 amide bonds. The van der Waals surface area contributed by atoms with Crippen molar-refractivity contribution in [3.8, 4) is 5.75 Å². The zero-order valence-corrected chi connectivity index (χ0v) is 20.2. The molecule has 1 heteroatoms. The summed E-state index contributed by atoms with van der Waals surface area (Å²) < 4.78 is 0. The molecule has 1 N–H and O–H groups in total. The largest absolute Gasteiger partial charge is 0.507 e. The van der Waals surface area contributed by atoms with Gasteiger partial charge in [-0.2, -0.15) is 0 Å². The topological polar surface area (TPSA) is 20.2 Å². The molecule has 2 rings (SSSR count). The third-order valence-corrected chi connectivity index (χ3v) is 6.74. The third kappa shape index (κ3) is 4.92. The summed E-state index contributed by atoms with van der Waals surface area (Å²) in [5.41, 5.74) is 6.80. The van der Waals surface area contributed by atoms with Gasteiger partial charge in [-0.1, -0.05) is 80.6 Å². The highest BCUT2D eigenvalue weighted by Crippen LogP contribution is 2.52. The van der Waals surface area contributed by atoms with Crippen LogP contribution in [0.2, 0.25) is 0 Å². The Morgan fingerprint density at radius 2 is 1.66 bits per heavy atom. The van der Waals surface area contributed by atoms with Crippen molar-refractivity contribution in [3.63, 3.8) is 0 Å². The van der Waals surface area contributed by atoms with Gasteiger partial charge < -0.3 is 5.11 Å². The first-order valence-corrected chi connectivity index (χ1v) is 12.2. The van der Waals surface area contributed by atoms with E-state index < -0.39 is 0 Å². The van der Waals surface area contributed by atoms with Crippen LogP contribution in [0.3, 0.4) is 0 Å². The number of allylic oxidation sites excluding steroid dienone is 1. The first-order chi connectivity index (χ1) is 13.7. The van der Waals surface area contributed by atoms with Gasteiger partial charge in [0.25, 0.3) is 0 Å². The second-order valence-corrected chi connectivity index (χ2v) is 10.2. The Hall–Kier alpha value is -1.24. The second-order valence-electron chi connectivity index (χ2n) is 10.2. The van der Waals surface area contributed by atoms with E-state index in [-0.39, 0.29) is 5.41 Å².